The Balaban J connectivity index is 2.19. The molecule has 1 atom stereocenters. The van der Waals surface area contributed by atoms with E-state index in [4.69, 9.17) is 4.74 Å². The second-order valence-electron chi connectivity index (χ2n) is 6.29. The van der Waals surface area contributed by atoms with Gasteiger partial charge >= 0.3 is 6.09 Å². The van der Waals surface area contributed by atoms with Gasteiger partial charge in [0.2, 0.25) is 0 Å². The first-order valence-electron chi connectivity index (χ1n) is 7.42. The Morgan fingerprint density at radius 2 is 2.20 bits per heavy atom. The van der Waals surface area contributed by atoms with Gasteiger partial charge in [-0.3, -0.25) is 4.90 Å². The SMILES string of the molecule is CCn1cncc1C1CCCCN1C(=O)OC(C)(C)C. The third-order valence-corrected chi connectivity index (χ3v) is 3.56. The Morgan fingerprint density at radius 1 is 1.45 bits per heavy atom. The van der Waals surface area contributed by atoms with E-state index in [1.54, 1.807) is 0 Å². The Bertz CT molecular complexity index is 462. The van der Waals surface area contributed by atoms with Crippen LogP contribution in [0.2, 0.25) is 0 Å². The van der Waals surface area contributed by atoms with Crippen molar-refractivity contribution in [3.05, 3.63) is 18.2 Å². The molecule has 0 aliphatic carbocycles. The molecule has 1 saturated heterocycles. The number of carbonyl (C=O) groups is 1. The van der Waals surface area contributed by atoms with E-state index in [-0.39, 0.29) is 12.1 Å². The highest BCUT2D eigenvalue weighted by molar-refractivity contribution is 5.69. The van der Waals surface area contributed by atoms with Crippen LogP contribution in [0.1, 0.15) is 58.7 Å². The molecule has 5 nitrogen and oxygen atoms in total. The zero-order chi connectivity index (χ0) is 14.8. The summed E-state index contributed by atoms with van der Waals surface area (Å²) >= 11 is 0. The molecular weight excluding hydrogens is 254 g/mol. The molecule has 0 bridgehead atoms. The Labute approximate surface area is 120 Å². The van der Waals surface area contributed by atoms with Gasteiger partial charge in [0.25, 0.3) is 0 Å². The van der Waals surface area contributed by atoms with Crippen molar-refractivity contribution in [2.75, 3.05) is 6.54 Å². The average molecular weight is 279 g/mol. The summed E-state index contributed by atoms with van der Waals surface area (Å²) in [7, 11) is 0. The monoisotopic (exact) mass is 279 g/mol. The Hall–Kier alpha value is -1.52. The highest BCUT2D eigenvalue weighted by atomic mass is 16.6. The topological polar surface area (TPSA) is 47.4 Å². The molecule has 0 radical (unpaired) electrons. The summed E-state index contributed by atoms with van der Waals surface area (Å²) < 4.78 is 7.64. The Morgan fingerprint density at radius 3 is 2.85 bits per heavy atom. The van der Waals surface area contributed by atoms with E-state index in [0.29, 0.717) is 0 Å². The van der Waals surface area contributed by atoms with Gasteiger partial charge in [-0.15, -0.1) is 0 Å². The number of likely N-dealkylation sites (tertiary alicyclic amines) is 1. The van der Waals surface area contributed by atoms with Crippen LogP contribution in [-0.2, 0) is 11.3 Å². The summed E-state index contributed by atoms with van der Waals surface area (Å²) in [6.07, 6.45) is 6.64. The van der Waals surface area contributed by atoms with E-state index >= 15 is 0 Å². The van der Waals surface area contributed by atoms with Crippen molar-refractivity contribution in [2.24, 2.45) is 0 Å². The maximum atomic E-state index is 12.4. The average Bonchev–Trinajstić information content (AvgIpc) is 2.84. The van der Waals surface area contributed by atoms with Crippen LogP contribution < -0.4 is 0 Å². The van der Waals surface area contributed by atoms with Gasteiger partial charge in [0, 0.05) is 13.1 Å². The van der Waals surface area contributed by atoms with E-state index in [0.717, 1.165) is 38.0 Å². The number of carbonyl (C=O) groups excluding carboxylic acids is 1. The van der Waals surface area contributed by atoms with Crippen molar-refractivity contribution < 1.29 is 9.53 Å². The molecule has 0 aromatic carbocycles. The van der Waals surface area contributed by atoms with Crippen molar-refractivity contribution in [3.8, 4) is 0 Å². The molecule has 0 spiro atoms. The predicted octanol–water partition coefficient (Wildman–Crippen LogP) is 3.37. The van der Waals surface area contributed by atoms with Gasteiger partial charge in [-0.05, 0) is 47.0 Å². The summed E-state index contributed by atoms with van der Waals surface area (Å²) in [5.74, 6) is 0. The molecule has 1 unspecified atom stereocenters. The summed E-state index contributed by atoms with van der Waals surface area (Å²) in [5.41, 5.74) is 0.655. The van der Waals surface area contributed by atoms with Gasteiger partial charge < -0.3 is 9.30 Å². The smallest absolute Gasteiger partial charge is 0.410 e. The molecule has 0 saturated carbocycles. The van der Waals surface area contributed by atoms with Crippen LogP contribution in [0.15, 0.2) is 12.5 Å². The number of ether oxygens (including phenoxy) is 1. The van der Waals surface area contributed by atoms with Gasteiger partial charge in [-0.1, -0.05) is 0 Å². The highest BCUT2D eigenvalue weighted by Gasteiger charge is 2.32. The fraction of sp³-hybridized carbons (Fsp3) is 0.733. The van der Waals surface area contributed by atoms with Gasteiger partial charge in [-0.25, -0.2) is 9.78 Å². The third kappa shape index (κ3) is 3.32. The van der Waals surface area contributed by atoms with Crippen LogP contribution in [0, 0.1) is 0 Å². The van der Waals surface area contributed by atoms with E-state index in [9.17, 15) is 4.79 Å². The van der Waals surface area contributed by atoms with Gasteiger partial charge in [0.15, 0.2) is 0 Å². The second kappa shape index (κ2) is 5.85. The minimum Gasteiger partial charge on any atom is -0.444 e. The zero-order valence-corrected chi connectivity index (χ0v) is 12.9. The number of amides is 1. The molecule has 1 amide bonds. The van der Waals surface area contributed by atoms with Gasteiger partial charge in [0.1, 0.15) is 5.60 Å². The lowest BCUT2D eigenvalue weighted by atomic mass is 10.00. The number of rotatable bonds is 2. The molecular formula is C15H25N3O2. The summed E-state index contributed by atoms with van der Waals surface area (Å²) in [5, 5.41) is 0. The van der Waals surface area contributed by atoms with E-state index in [2.05, 4.69) is 16.5 Å². The van der Waals surface area contributed by atoms with Crippen LogP contribution in [0.4, 0.5) is 4.79 Å². The number of aromatic nitrogens is 2. The van der Waals surface area contributed by atoms with Crippen molar-refractivity contribution in [1.82, 2.24) is 14.5 Å². The molecule has 1 aliphatic heterocycles. The molecule has 1 aromatic heterocycles. The van der Waals surface area contributed by atoms with Crippen molar-refractivity contribution >= 4 is 6.09 Å². The number of imidazole rings is 1. The lowest BCUT2D eigenvalue weighted by molar-refractivity contribution is 0.00861. The van der Waals surface area contributed by atoms with E-state index in [1.807, 2.05) is 38.2 Å². The van der Waals surface area contributed by atoms with Crippen molar-refractivity contribution in [1.29, 1.82) is 0 Å². The predicted molar refractivity (Wildman–Crippen MR) is 77.4 cm³/mol. The summed E-state index contributed by atoms with van der Waals surface area (Å²) in [6.45, 7) is 9.43. The first-order chi connectivity index (χ1) is 9.42. The van der Waals surface area contributed by atoms with Crippen molar-refractivity contribution in [2.45, 2.75) is 65.1 Å². The first-order valence-corrected chi connectivity index (χ1v) is 7.42. The molecule has 5 heteroatoms. The minimum absolute atomic E-state index is 0.0843. The lowest BCUT2D eigenvalue weighted by Crippen LogP contribution is -2.42. The van der Waals surface area contributed by atoms with Crippen LogP contribution >= 0.6 is 0 Å². The van der Waals surface area contributed by atoms with Crippen LogP contribution in [0.5, 0.6) is 0 Å². The second-order valence-corrected chi connectivity index (χ2v) is 6.29. The van der Waals surface area contributed by atoms with Gasteiger partial charge in [0.05, 0.1) is 24.3 Å². The lowest BCUT2D eigenvalue weighted by Gasteiger charge is -2.36. The normalized spacial score (nSPS) is 20.0. The van der Waals surface area contributed by atoms with E-state index < -0.39 is 5.60 Å². The molecule has 1 aliphatic rings. The molecule has 2 heterocycles. The highest BCUT2D eigenvalue weighted by Crippen LogP contribution is 2.32. The number of nitrogens with zero attached hydrogens (tertiary/aromatic N) is 3. The van der Waals surface area contributed by atoms with Crippen LogP contribution in [0.3, 0.4) is 0 Å². The molecule has 2 rings (SSSR count). The number of hydrogen-bond donors (Lipinski definition) is 0. The quantitative estimate of drug-likeness (QED) is 0.834. The molecule has 1 fully saturated rings. The van der Waals surface area contributed by atoms with Crippen molar-refractivity contribution in [3.63, 3.8) is 0 Å². The Kier molecular flexibility index (Phi) is 4.35. The molecule has 112 valence electrons. The van der Waals surface area contributed by atoms with Gasteiger partial charge in [-0.2, -0.15) is 0 Å². The van der Waals surface area contributed by atoms with Crippen LogP contribution in [0.25, 0.3) is 0 Å². The zero-order valence-electron chi connectivity index (χ0n) is 12.9. The molecule has 20 heavy (non-hydrogen) atoms. The maximum absolute atomic E-state index is 12.4. The molecule has 1 aromatic rings. The number of piperidine rings is 1. The minimum atomic E-state index is -0.454. The fourth-order valence-electron chi connectivity index (χ4n) is 2.65. The molecule has 0 N–H and O–H groups in total. The first kappa shape index (κ1) is 14.9. The summed E-state index contributed by atoms with van der Waals surface area (Å²) in [4.78, 5) is 18.5. The van der Waals surface area contributed by atoms with Crippen LogP contribution in [-0.4, -0.2) is 32.7 Å². The maximum Gasteiger partial charge on any atom is 0.410 e. The number of aryl methyl sites for hydroxylation is 1. The third-order valence-electron chi connectivity index (χ3n) is 3.56. The van der Waals surface area contributed by atoms with E-state index in [1.165, 1.54) is 0 Å². The number of hydrogen-bond acceptors (Lipinski definition) is 3. The fourth-order valence-corrected chi connectivity index (χ4v) is 2.65. The largest absolute Gasteiger partial charge is 0.444 e. The summed E-state index contributed by atoms with van der Waals surface area (Å²) in [6, 6.07) is 0.0843. The standard InChI is InChI=1S/C15H25N3O2/c1-5-17-11-16-10-13(17)12-8-6-7-9-18(12)14(19)20-15(2,3)4/h10-12H,5-9H2,1-4H3.